The van der Waals surface area contributed by atoms with Crippen molar-refractivity contribution in [1.82, 2.24) is 0 Å². The number of aliphatic hydroxyl groups is 1. The van der Waals surface area contributed by atoms with E-state index in [4.69, 9.17) is 4.74 Å². The van der Waals surface area contributed by atoms with Crippen molar-refractivity contribution in [3.8, 4) is 5.75 Å². The quantitative estimate of drug-likeness (QED) is 0.802. The van der Waals surface area contributed by atoms with Gasteiger partial charge < -0.3 is 9.84 Å². The molecule has 1 N–H and O–H groups in total. The van der Waals surface area contributed by atoms with Crippen molar-refractivity contribution in [1.29, 1.82) is 0 Å². The largest absolute Gasteiger partial charge is 0.493 e. The summed E-state index contributed by atoms with van der Waals surface area (Å²) in [6, 6.07) is 7.78. The van der Waals surface area contributed by atoms with E-state index in [1.807, 2.05) is 31.2 Å². The first-order valence-corrected chi connectivity index (χ1v) is 5.71. The van der Waals surface area contributed by atoms with E-state index in [1.54, 1.807) is 0 Å². The predicted octanol–water partition coefficient (Wildman–Crippen LogP) is 2.92. The van der Waals surface area contributed by atoms with E-state index in [1.165, 1.54) is 12.8 Å². The zero-order chi connectivity index (χ0) is 10.7. The molecule has 2 heteroatoms. The lowest BCUT2D eigenvalue weighted by Crippen LogP contribution is -2.03. The van der Waals surface area contributed by atoms with Crippen LogP contribution in [0.15, 0.2) is 24.3 Å². The van der Waals surface area contributed by atoms with Crippen molar-refractivity contribution >= 4 is 0 Å². The molecule has 1 aliphatic carbocycles. The van der Waals surface area contributed by atoms with Crippen molar-refractivity contribution in [2.75, 3.05) is 6.61 Å². The second-order valence-corrected chi connectivity index (χ2v) is 4.17. The first kappa shape index (κ1) is 10.5. The van der Waals surface area contributed by atoms with Gasteiger partial charge in [0.15, 0.2) is 0 Å². The Morgan fingerprint density at radius 3 is 2.80 bits per heavy atom. The average molecular weight is 206 g/mol. The Labute approximate surface area is 90.9 Å². The Morgan fingerprint density at radius 2 is 2.13 bits per heavy atom. The Kier molecular flexibility index (Phi) is 3.27. The Hall–Kier alpha value is -1.02. The predicted molar refractivity (Wildman–Crippen MR) is 59.9 cm³/mol. The van der Waals surface area contributed by atoms with Crippen LogP contribution in [-0.4, -0.2) is 11.7 Å². The van der Waals surface area contributed by atoms with Crippen molar-refractivity contribution < 1.29 is 9.84 Å². The van der Waals surface area contributed by atoms with E-state index < -0.39 is 0 Å². The zero-order valence-electron chi connectivity index (χ0n) is 9.15. The Bertz CT molecular complexity index is 318. The fourth-order valence-corrected chi connectivity index (χ4v) is 1.84. The summed E-state index contributed by atoms with van der Waals surface area (Å²) in [4.78, 5) is 0. The molecule has 2 rings (SSSR count). The molecule has 1 aromatic rings. The Morgan fingerprint density at radius 1 is 1.40 bits per heavy atom. The standard InChI is InChI=1S/C13H18O2/c1-2-15-13-6-4-3-5-11(13)12(14)9-10-7-8-10/h3-6,10,12,14H,2,7-9H2,1H3. The van der Waals surface area contributed by atoms with E-state index in [9.17, 15) is 5.11 Å². The van der Waals surface area contributed by atoms with Gasteiger partial charge in [0.05, 0.1) is 12.7 Å². The molecule has 0 aliphatic heterocycles. The van der Waals surface area contributed by atoms with Gasteiger partial charge in [0, 0.05) is 5.56 Å². The molecule has 0 spiro atoms. The van der Waals surface area contributed by atoms with Crippen molar-refractivity contribution in [2.24, 2.45) is 5.92 Å². The summed E-state index contributed by atoms with van der Waals surface area (Å²) in [5.74, 6) is 1.56. The average Bonchev–Trinajstić information content (AvgIpc) is 3.03. The van der Waals surface area contributed by atoms with E-state index in [0.29, 0.717) is 6.61 Å². The molecule has 2 nitrogen and oxygen atoms in total. The van der Waals surface area contributed by atoms with E-state index in [0.717, 1.165) is 23.7 Å². The van der Waals surface area contributed by atoms with Gasteiger partial charge in [0.2, 0.25) is 0 Å². The summed E-state index contributed by atoms with van der Waals surface area (Å²) in [5, 5.41) is 10.1. The van der Waals surface area contributed by atoms with Gasteiger partial charge in [-0.05, 0) is 25.3 Å². The maximum Gasteiger partial charge on any atom is 0.125 e. The van der Waals surface area contributed by atoms with Gasteiger partial charge in [-0.2, -0.15) is 0 Å². The first-order valence-electron chi connectivity index (χ1n) is 5.71. The minimum absolute atomic E-state index is 0.361. The zero-order valence-corrected chi connectivity index (χ0v) is 9.15. The number of hydrogen-bond acceptors (Lipinski definition) is 2. The highest BCUT2D eigenvalue weighted by Gasteiger charge is 2.26. The lowest BCUT2D eigenvalue weighted by Gasteiger charge is -2.15. The summed E-state index contributed by atoms with van der Waals surface area (Å²) >= 11 is 0. The lowest BCUT2D eigenvalue weighted by molar-refractivity contribution is 0.155. The second-order valence-electron chi connectivity index (χ2n) is 4.17. The molecule has 1 aliphatic rings. The van der Waals surface area contributed by atoms with Crippen LogP contribution < -0.4 is 4.74 Å². The van der Waals surface area contributed by atoms with Crippen LogP contribution >= 0.6 is 0 Å². The molecule has 0 saturated heterocycles. The summed E-state index contributed by atoms with van der Waals surface area (Å²) in [5.41, 5.74) is 0.936. The highest BCUT2D eigenvalue weighted by atomic mass is 16.5. The van der Waals surface area contributed by atoms with Crippen molar-refractivity contribution in [3.05, 3.63) is 29.8 Å². The van der Waals surface area contributed by atoms with Crippen LogP contribution in [0.3, 0.4) is 0 Å². The van der Waals surface area contributed by atoms with Crippen LogP contribution in [-0.2, 0) is 0 Å². The fourth-order valence-electron chi connectivity index (χ4n) is 1.84. The number of ether oxygens (including phenoxy) is 1. The highest BCUT2D eigenvalue weighted by Crippen LogP contribution is 2.39. The number of benzene rings is 1. The molecule has 82 valence electrons. The van der Waals surface area contributed by atoms with Gasteiger partial charge in [0.1, 0.15) is 5.75 Å². The lowest BCUT2D eigenvalue weighted by atomic mass is 10.0. The summed E-state index contributed by atoms with van der Waals surface area (Å²) < 4.78 is 5.50. The third-order valence-electron chi connectivity index (χ3n) is 2.83. The SMILES string of the molecule is CCOc1ccccc1C(O)CC1CC1. The third-order valence-corrected chi connectivity index (χ3v) is 2.83. The van der Waals surface area contributed by atoms with Crippen LogP contribution in [0.1, 0.15) is 37.9 Å². The van der Waals surface area contributed by atoms with E-state index in [-0.39, 0.29) is 6.10 Å². The van der Waals surface area contributed by atoms with Gasteiger partial charge in [-0.1, -0.05) is 31.0 Å². The molecule has 1 aromatic carbocycles. The monoisotopic (exact) mass is 206 g/mol. The van der Waals surface area contributed by atoms with Crippen LogP contribution in [0.25, 0.3) is 0 Å². The number of para-hydroxylation sites is 1. The molecule has 1 fully saturated rings. The summed E-state index contributed by atoms with van der Waals surface area (Å²) in [7, 11) is 0. The van der Waals surface area contributed by atoms with Crippen LogP contribution in [0.2, 0.25) is 0 Å². The van der Waals surface area contributed by atoms with Crippen LogP contribution in [0.4, 0.5) is 0 Å². The van der Waals surface area contributed by atoms with Crippen LogP contribution in [0, 0.1) is 5.92 Å². The first-order chi connectivity index (χ1) is 7.31. The van der Waals surface area contributed by atoms with Crippen LogP contribution in [0.5, 0.6) is 5.75 Å². The molecular formula is C13H18O2. The molecule has 1 saturated carbocycles. The molecule has 0 heterocycles. The maximum atomic E-state index is 10.1. The molecule has 0 radical (unpaired) electrons. The molecule has 15 heavy (non-hydrogen) atoms. The van der Waals surface area contributed by atoms with Gasteiger partial charge in [-0.25, -0.2) is 0 Å². The molecular weight excluding hydrogens is 188 g/mol. The van der Waals surface area contributed by atoms with Gasteiger partial charge in [-0.3, -0.25) is 0 Å². The minimum Gasteiger partial charge on any atom is -0.493 e. The summed E-state index contributed by atoms with van der Waals surface area (Å²) in [6.07, 6.45) is 3.06. The summed E-state index contributed by atoms with van der Waals surface area (Å²) in [6.45, 7) is 2.61. The molecule has 0 aromatic heterocycles. The van der Waals surface area contributed by atoms with E-state index in [2.05, 4.69) is 0 Å². The van der Waals surface area contributed by atoms with E-state index >= 15 is 0 Å². The van der Waals surface area contributed by atoms with Gasteiger partial charge >= 0.3 is 0 Å². The van der Waals surface area contributed by atoms with Gasteiger partial charge in [0.25, 0.3) is 0 Å². The Balaban J connectivity index is 2.09. The highest BCUT2D eigenvalue weighted by molar-refractivity contribution is 5.35. The molecule has 0 amide bonds. The van der Waals surface area contributed by atoms with Crippen molar-refractivity contribution in [2.45, 2.75) is 32.3 Å². The van der Waals surface area contributed by atoms with Gasteiger partial charge in [-0.15, -0.1) is 0 Å². The smallest absolute Gasteiger partial charge is 0.125 e. The number of hydrogen-bond donors (Lipinski definition) is 1. The molecule has 0 bridgehead atoms. The maximum absolute atomic E-state index is 10.1. The van der Waals surface area contributed by atoms with Crippen molar-refractivity contribution in [3.63, 3.8) is 0 Å². The second kappa shape index (κ2) is 4.67. The number of aliphatic hydroxyl groups excluding tert-OH is 1. The normalized spacial score (nSPS) is 17.5. The third kappa shape index (κ3) is 2.72. The minimum atomic E-state index is -0.361. The molecule has 1 unspecified atom stereocenters. The fraction of sp³-hybridized carbons (Fsp3) is 0.538. The molecule has 1 atom stereocenters. The topological polar surface area (TPSA) is 29.5 Å². The number of rotatable bonds is 5.